The fraction of sp³-hybridized carbons (Fsp3) is 0.364. The minimum absolute atomic E-state index is 0.175. The smallest absolute Gasteiger partial charge is 0.105 e. The fourth-order valence-electron chi connectivity index (χ4n) is 1.17. The molecule has 0 aliphatic heterocycles. The highest BCUT2D eigenvalue weighted by molar-refractivity contribution is 9.10. The molecule has 0 spiro atoms. The highest BCUT2D eigenvalue weighted by Gasteiger charge is 2.04. The molecule has 1 atom stereocenters. The van der Waals surface area contributed by atoms with Crippen molar-refractivity contribution in [1.82, 2.24) is 0 Å². The van der Waals surface area contributed by atoms with Crippen molar-refractivity contribution >= 4 is 38.8 Å². The van der Waals surface area contributed by atoms with E-state index in [1.165, 1.54) is 0 Å². The minimum atomic E-state index is 0.175. The molecule has 3 N–H and O–H groups in total. The molecule has 1 aromatic rings. The van der Waals surface area contributed by atoms with Crippen molar-refractivity contribution in [3.63, 3.8) is 0 Å². The second kappa shape index (κ2) is 6.18. The number of hydrogen-bond acceptors (Lipinski definition) is 3. The number of thiocarbonyl (C=S) groups is 1. The number of nitrogens with one attached hydrogen (secondary N) is 1. The van der Waals surface area contributed by atoms with E-state index in [-0.39, 0.29) is 6.10 Å². The average Bonchev–Trinajstić information content (AvgIpc) is 2.25. The van der Waals surface area contributed by atoms with Gasteiger partial charge in [-0.25, -0.2) is 0 Å². The summed E-state index contributed by atoms with van der Waals surface area (Å²) < 4.78 is 6.05. The lowest BCUT2D eigenvalue weighted by Gasteiger charge is -2.13. The van der Waals surface area contributed by atoms with Gasteiger partial charge in [0.1, 0.15) is 4.99 Å². The first-order chi connectivity index (χ1) is 7.54. The summed E-state index contributed by atoms with van der Waals surface area (Å²) in [6.07, 6.45) is 0.175. The summed E-state index contributed by atoms with van der Waals surface area (Å²) in [5.41, 5.74) is 7.43. The third-order valence-corrected chi connectivity index (χ3v) is 3.11. The quantitative estimate of drug-likeness (QED) is 0.821. The van der Waals surface area contributed by atoms with E-state index in [4.69, 9.17) is 22.7 Å². The number of hydrogen-bond donors (Lipinski definition) is 2. The largest absolute Gasteiger partial charge is 0.389 e. The summed E-state index contributed by atoms with van der Waals surface area (Å²) in [5.74, 6) is 0. The van der Waals surface area contributed by atoms with Crippen LogP contribution in [0.5, 0.6) is 0 Å². The molecule has 0 amide bonds. The first kappa shape index (κ1) is 13.4. The van der Waals surface area contributed by atoms with Crippen LogP contribution in [-0.4, -0.2) is 24.7 Å². The highest BCUT2D eigenvalue weighted by Crippen LogP contribution is 2.21. The Balaban J connectivity index is 2.70. The van der Waals surface area contributed by atoms with E-state index in [1.807, 2.05) is 25.1 Å². The molecule has 0 aromatic heterocycles. The van der Waals surface area contributed by atoms with Crippen molar-refractivity contribution < 1.29 is 4.74 Å². The van der Waals surface area contributed by atoms with Crippen LogP contribution in [0, 0.1) is 0 Å². The summed E-state index contributed by atoms with van der Waals surface area (Å²) in [6.45, 7) is 2.76. The Bertz CT molecular complexity index is 384. The predicted octanol–water partition coefficient (Wildman–Crippen LogP) is 2.53. The monoisotopic (exact) mass is 302 g/mol. The lowest BCUT2D eigenvalue weighted by molar-refractivity contribution is 0.129. The second-order valence-corrected chi connectivity index (χ2v) is 4.78. The molecule has 0 aliphatic rings. The summed E-state index contributed by atoms with van der Waals surface area (Å²) in [6, 6.07) is 5.80. The molecule has 1 aromatic carbocycles. The Morgan fingerprint density at radius 2 is 2.31 bits per heavy atom. The molecule has 0 saturated carbocycles. The summed E-state index contributed by atoms with van der Waals surface area (Å²) >= 11 is 8.36. The third kappa shape index (κ3) is 3.73. The van der Waals surface area contributed by atoms with Crippen LogP contribution in [0.25, 0.3) is 0 Å². The van der Waals surface area contributed by atoms with Gasteiger partial charge in [0.25, 0.3) is 0 Å². The molecule has 5 heteroatoms. The topological polar surface area (TPSA) is 47.3 Å². The fourth-order valence-corrected chi connectivity index (χ4v) is 2.07. The van der Waals surface area contributed by atoms with E-state index in [0.29, 0.717) is 4.99 Å². The van der Waals surface area contributed by atoms with Crippen LogP contribution in [-0.2, 0) is 4.74 Å². The number of methoxy groups -OCH3 is 1. The first-order valence-electron chi connectivity index (χ1n) is 4.90. The zero-order chi connectivity index (χ0) is 12.1. The van der Waals surface area contributed by atoms with Gasteiger partial charge in [-0.2, -0.15) is 0 Å². The SMILES string of the molecule is COC(C)CNc1ccc(C(N)=S)c(Br)c1. The van der Waals surface area contributed by atoms with Crippen LogP contribution < -0.4 is 11.1 Å². The van der Waals surface area contributed by atoms with Crippen LogP contribution in [0.15, 0.2) is 22.7 Å². The van der Waals surface area contributed by atoms with Crippen LogP contribution in [0.4, 0.5) is 5.69 Å². The van der Waals surface area contributed by atoms with Crippen molar-refractivity contribution in [3.05, 3.63) is 28.2 Å². The number of rotatable bonds is 5. The van der Waals surface area contributed by atoms with E-state index >= 15 is 0 Å². The molecule has 0 heterocycles. The van der Waals surface area contributed by atoms with E-state index < -0.39 is 0 Å². The number of halogens is 1. The Morgan fingerprint density at radius 3 is 2.81 bits per heavy atom. The van der Waals surface area contributed by atoms with E-state index in [9.17, 15) is 0 Å². The van der Waals surface area contributed by atoms with E-state index in [2.05, 4.69) is 21.2 Å². The maximum Gasteiger partial charge on any atom is 0.105 e. The zero-order valence-electron chi connectivity index (χ0n) is 9.29. The molecule has 3 nitrogen and oxygen atoms in total. The normalized spacial score (nSPS) is 12.2. The third-order valence-electron chi connectivity index (χ3n) is 2.23. The van der Waals surface area contributed by atoms with Gasteiger partial charge in [0.15, 0.2) is 0 Å². The predicted molar refractivity (Wildman–Crippen MR) is 75.0 cm³/mol. The lowest BCUT2D eigenvalue weighted by atomic mass is 10.2. The molecule has 0 bridgehead atoms. The van der Waals surface area contributed by atoms with Gasteiger partial charge in [-0.15, -0.1) is 0 Å². The summed E-state index contributed by atoms with van der Waals surface area (Å²) in [5, 5.41) is 3.26. The maximum absolute atomic E-state index is 5.57. The van der Waals surface area contributed by atoms with Gasteiger partial charge >= 0.3 is 0 Å². The van der Waals surface area contributed by atoms with Crippen molar-refractivity contribution in [2.45, 2.75) is 13.0 Å². The van der Waals surface area contributed by atoms with E-state index in [1.54, 1.807) is 7.11 Å². The van der Waals surface area contributed by atoms with E-state index in [0.717, 1.165) is 22.3 Å². The molecular formula is C11H15BrN2OS. The summed E-state index contributed by atoms with van der Waals surface area (Å²) in [7, 11) is 1.69. The lowest BCUT2D eigenvalue weighted by Crippen LogP contribution is -2.18. The minimum Gasteiger partial charge on any atom is -0.389 e. The average molecular weight is 303 g/mol. The second-order valence-electron chi connectivity index (χ2n) is 3.49. The Labute approximate surface area is 109 Å². The van der Waals surface area contributed by atoms with Gasteiger partial charge in [-0.3, -0.25) is 0 Å². The molecule has 0 aliphatic carbocycles. The van der Waals surface area contributed by atoms with Crippen molar-refractivity contribution in [2.24, 2.45) is 5.73 Å². The number of nitrogens with two attached hydrogens (primary N) is 1. The Kier molecular flexibility index (Phi) is 5.18. The van der Waals surface area contributed by atoms with Crippen molar-refractivity contribution in [1.29, 1.82) is 0 Å². The van der Waals surface area contributed by atoms with Crippen LogP contribution >= 0.6 is 28.1 Å². The molecule has 1 unspecified atom stereocenters. The van der Waals surface area contributed by atoms with Gasteiger partial charge in [0.05, 0.1) is 6.10 Å². The number of benzene rings is 1. The van der Waals surface area contributed by atoms with Gasteiger partial charge < -0.3 is 15.8 Å². The van der Waals surface area contributed by atoms with Gasteiger partial charge in [0.2, 0.25) is 0 Å². The molecule has 88 valence electrons. The molecule has 0 saturated heterocycles. The van der Waals surface area contributed by atoms with Gasteiger partial charge in [-0.05, 0) is 41.1 Å². The van der Waals surface area contributed by atoms with Gasteiger partial charge in [-0.1, -0.05) is 12.2 Å². The molecule has 1 rings (SSSR count). The van der Waals surface area contributed by atoms with Crippen molar-refractivity contribution in [3.8, 4) is 0 Å². The zero-order valence-corrected chi connectivity index (χ0v) is 11.7. The molecular weight excluding hydrogens is 288 g/mol. The Morgan fingerprint density at radius 1 is 1.62 bits per heavy atom. The van der Waals surface area contributed by atoms with Crippen LogP contribution in [0.3, 0.4) is 0 Å². The number of anilines is 1. The Hall–Kier alpha value is -0.650. The molecule has 0 fully saturated rings. The standard InChI is InChI=1S/C11H15BrN2OS/c1-7(15-2)6-14-8-3-4-9(11(13)16)10(12)5-8/h3-5,7,14H,6H2,1-2H3,(H2,13,16). The van der Waals surface area contributed by atoms with Crippen LogP contribution in [0.2, 0.25) is 0 Å². The van der Waals surface area contributed by atoms with Crippen LogP contribution in [0.1, 0.15) is 12.5 Å². The first-order valence-corrected chi connectivity index (χ1v) is 6.10. The maximum atomic E-state index is 5.57. The van der Waals surface area contributed by atoms with Crippen molar-refractivity contribution in [2.75, 3.05) is 19.0 Å². The van der Waals surface area contributed by atoms with Gasteiger partial charge in [0, 0.05) is 29.4 Å². The molecule has 0 radical (unpaired) electrons. The highest BCUT2D eigenvalue weighted by atomic mass is 79.9. The molecule has 16 heavy (non-hydrogen) atoms. The summed E-state index contributed by atoms with van der Waals surface area (Å²) in [4.78, 5) is 0.392. The number of ether oxygens (including phenoxy) is 1.